The molecule has 6 nitrogen and oxygen atoms in total. The summed E-state index contributed by atoms with van der Waals surface area (Å²) in [5.74, 6) is 1.87. The lowest BCUT2D eigenvalue weighted by molar-refractivity contribution is -0.131. The summed E-state index contributed by atoms with van der Waals surface area (Å²) in [4.78, 5) is 18.4. The first-order valence-electron chi connectivity index (χ1n) is 12.3. The van der Waals surface area contributed by atoms with Crippen molar-refractivity contribution in [3.05, 3.63) is 89.3 Å². The minimum atomic E-state index is -0.239. The average Bonchev–Trinajstić information content (AvgIpc) is 3.64. The first-order valence-corrected chi connectivity index (χ1v) is 13.3. The minimum Gasteiger partial charge on any atom is -0.467 e. The Hall–Kier alpha value is -3.58. The van der Waals surface area contributed by atoms with E-state index in [0.717, 1.165) is 69.1 Å². The molecule has 0 unspecified atom stereocenters. The standard InChI is InChI=1S/C29H27N3O3S/c1-18-7-3-10-22-19(2)15-25(30-27(18)22)36-17-26(33)32-29(24-12-6-14-35-24)23-11-4-8-20(28(23)31-32)16-21-9-5-13-34-21/h3,5-7,9-10,12-16,23,29H,4,8,11,17H2,1-2H3/b20-16-/t23-,29-/m0/s1. The van der Waals surface area contributed by atoms with Gasteiger partial charge in [-0.2, -0.15) is 5.10 Å². The Morgan fingerprint density at radius 3 is 2.78 bits per heavy atom. The second kappa shape index (κ2) is 9.47. The van der Waals surface area contributed by atoms with Crippen LogP contribution in [0.15, 0.2) is 85.6 Å². The Balaban J connectivity index is 1.29. The lowest BCUT2D eigenvalue weighted by Gasteiger charge is -2.27. The van der Waals surface area contributed by atoms with Crippen LogP contribution in [-0.2, 0) is 4.79 Å². The van der Waals surface area contributed by atoms with Crippen LogP contribution in [0.4, 0.5) is 0 Å². The quantitative estimate of drug-likeness (QED) is 0.279. The van der Waals surface area contributed by atoms with Crippen LogP contribution in [0.2, 0.25) is 0 Å². The number of fused-ring (bicyclic) bond motifs is 2. The van der Waals surface area contributed by atoms with E-state index in [1.807, 2.05) is 24.3 Å². The van der Waals surface area contributed by atoms with E-state index in [1.165, 1.54) is 11.8 Å². The first-order chi connectivity index (χ1) is 17.6. The van der Waals surface area contributed by atoms with Gasteiger partial charge in [0, 0.05) is 11.3 Å². The van der Waals surface area contributed by atoms with Crippen LogP contribution >= 0.6 is 11.8 Å². The summed E-state index contributed by atoms with van der Waals surface area (Å²) in [6.45, 7) is 4.16. The van der Waals surface area contributed by atoms with Crippen LogP contribution in [0.1, 0.15) is 48.0 Å². The van der Waals surface area contributed by atoms with Gasteiger partial charge in [0.15, 0.2) is 0 Å². The zero-order valence-corrected chi connectivity index (χ0v) is 21.1. The maximum atomic E-state index is 13.6. The van der Waals surface area contributed by atoms with Crippen molar-refractivity contribution < 1.29 is 13.6 Å². The maximum absolute atomic E-state index is 13.6. The molecule has 4 heterocycles. The van der Waals surface area contributed by atoms with Crippen molar-refractivity contribution in [1.29, 1.82) is 0 Å². The second-order valence-corrected chi connectivity index (χ2v) is 10.4. The summed E-state index contributed by atoms with van der Waals surface area (Å²) in [6, 6.07) is 15.7. The van der Waals surface area contributed by atoms with Gasteiger partial charge in [-0.3, -0.25) is 4.79 Å². The van der Waals surface area contributed by atoms with Crippen molar-refractivity contribution >= 4 is 40.4 Å². The predicted octanol–water partition coefficient (Wildman–Crippen LogP) is 6.95. The van der Waals surface area contributed by atoms with Crippen molar-refractivity contribution in [2.75, 3.05) is 5.75 Å². The van der Waals surface area contributed by atoms with E-state index >= 15 is 0 Å². The number of carbonyl (C=O) groups is 1. The second-order valence-electron chi connectivity index (χ2n) is 9.40. The summed E-state index contributed by atoms with van der Waals surface area (Å²) in [6.07, 6.45) is 8.29. The SMILES string of the molecule is Cc1cc(SCC(=O)N2N=C3/C(=C\c4ccco4)CCC[C@@H]3[C@H]2c2ccco2)nc2c(C)cccc12. The number of hydrazone groups is 1. The molecule has 36 heavy (non-hydrogen) atoms. The van der Waals surface area contributed by atoms with E-state index in [-0.39, 0.29) is 23.6 Å². The van der Waals surface area contributed by atoms with E-state index in [4.69, 9.17) is 18.9 Å². The van der Waals surface area contributed by atoms with Crippen LogP contribution in [0.5, 0.6) is 0 Å². The van der Waals surface area contributed by atoms with Gasteiger partial charge in [-0.1, -0.05) is 30.0 Å². The number of para-hydroxylation sites is 1. The van der Waals surface area contributed by atoms with E-state index in [2.05, 4.69) is 44.2 Å². The number of hydrogen-bond acceptors (Lipinski definition) is 6. The van der Waals surface area contributed by atoms with Crippen LogP contribution in [0, 0.1) is 19.8 Å². The number of aryl methyl sites for hydroxylation is 2. The highest BCUT2D eigenvalue weighted by molar-refractivity contribution is 7.99. The number of allylic oxidation sites excluding steroid dienone is 1. The summed E-state index contributed by atoms with van der Waals surface area (Å²) in [5.41, 5.74) is 5.37. The molecule has 1 aliphatic heterocycles. The smallest absolute Gasteiger partial charge is 0.253 e. The van der Waals surface area contributed by atoms with E-state index in [9.17, 15) is 4.79 Å². The molecule has 0 saturated heterocycles. The number of hydrogen-bond donors (Lipinski definition) is 0. The van der Waals surface area contributed by atoms with Gasteiger partial charge in [-0.15, -0.1) is 0 Å². The third-order valence-electron chi connectivity index (χ3n) is 7.02. The van der Waals surface area contributed by atoms with Gasteiger partial charge in [0.25, 0.3) is 5.91 Å². The molecule has 1 saturated carbocycles. The predicted molar refractivity (Wildman–Crippen MR) is 142 cm³/mol. The number of thioether (sulfide) groups is 1. The molecule has 2 atom stereocenters. The Kier molecular flexibility index (Phi) is 6.01. The van der Waals surface area contributed by atoms with Gasteiger partial charge in [0.2, 0.25) is 0 Å². The van der Waals surface area contributed by atoms with Crippen molar-refractivity contribution in [2.45, 2.75) is 44.2 Å². The Bertz CT molecular complexity index is 1470. The number of amides is 1. The number of carbonyl (C=O) groups excluding carboxylic acids is 1. The normalized spacial score (nSPS) is 20.7. The lowest BCUT2D eigenvalue weighted by atomic mass is 9.79. The van der Waals surface area contributed by atoms with Crippen LogP contribution < -0.4 is 0 Å². The molecule has 7 heteroatoms. The number of benzene rings is 1. The minimum absolute atomic E-state index is 0.0509. The molecule has 182 valence electrons. The van der Waals surface area contributed by atoms with Gasteiger partial charge in [0.1, 0.15) is 17.6 Å². The van der Waals surface area contributed by atoms with Gasteiger partial charge in [-0.25, -0.2) is 9.99 Å². The summed E-state index contributed by atoms with van der Waals surface area (Å²) in [7, 11) is 0. The zero-order chi connectivity index (χ0) is 24.6. The van der Waals surface area contributed by atoms with Crippen molar-refractivity contribution in [3.63, 3.8) is 0 Å². The molecule has 0 spiro atoms. The molecule has 0 N–H and O–H groups in total. The number of nitrogens with zero attached hydrogens (tertiary/aromatic N) is 3. The molecule has 0 bridgehead atoms. The number of furan rings is 2. The summed E-state index contributed by atoms with van der Waals surface area (Å²) < 4.78 is 11.4. The molecule has 6 rings (SSSR count). The molecule has 0 radical (unpaired) electrons. The highest BCUT2D eigenvalue weighted by Gasteiger charge is 2.45. The topological polar surface area (TPSA) is 71.8 Å². The molecular weight excluding hydrogens is 470 g/mol. The Morgan fingerprint density at radius 2 is 1.97 bits per heavy atom. The average molecular weight is 498 g/mol. The number of pyridine rings is 1. The van der Waals surface area contributed by atoms with E-state index in [0.29, 0.717) is 0 Å². The van der Waals surface area contributed by atoms with Gasteiger partial charge in [0.05, 0.1) is 34.5 Å². The molecule has 2 aliphatic rings. The maximum Gasteiger partial charge on any atom is 0.253 e. The summed E-state index contributed by atoms with van der Waals surface area (Å²) in [5, 5.41) is 8.54. The molecule has 3 aromatic heterocycles. The van der Waals surface area contributed by atoms with Crippen LogP contribution in [0.3, 0.4) is 0 Å². The zero-order valence-electron chi connectivity index (χ0n) is 20.3. The van der Waals surface area contributed by atoms with Gasteiger partial charge >= 0.3 is 0 Å². The molecular formula is C29H27N3O3S. The van der Waals surface area contributed by atoms with Crippen LogP contribution in [0.25, 0.3) is 17.0 Å². The third-order valence-corrected chi connectivity index (χ3v) is 7.92. The third kappa shape index (κ3) is 4.17. The molecule has 1 aliphatic carbocycles. The molecule has 4 aromatic rings. The van der Waals surface area contributed by atoms with E-state index < -0.39 is 0 Å². The molecule has 1 fully saturated rings. The first kappa shape index (κ1) is 22.9. The fraction of sp³-hybridized carbons (Fsp3) is 0.276. The van der Waals surface area contributed by atoms with Gasteiger partial charge in [-0.05, 0) is 86.2 Å². The van der Waals surface area contributed by atoms with Gasteiger partial charge < -0.3 is 8.83 Å². The van der Waals surface area contributed by atoms with Crippen LogP contribution in [-0.4, -0.2) is 27.4 Å². The Labute approximate surface area is 214 Å². The van der Waals surface area contributed by atoms with Crippen molar-refractivity contribution in [1.82, 2.24) is 9.99 Å². The van der Waals surface area contributed by atoms with Crippen molar-refractivity contribution in [3.8, 4) is 0 Å². The lowest BCUT2D eigenvalue weighted by Crippen LogP contribution is -2.32. The monoisotopic (exact) mass is 497 g/mol. The molecule has 1 aromatic carbocycles. The Morgan fingerprint density at radius 1 is 1.11 bits per heavy atom. The fourth-order valence-electron chi connectivity index (χ4n) is 5.30. The number of aromatic nitrogens is 1. The summed E-state index contributed by atoms with van der Waals surface area (Å²) >= 11 is 1.46. The number of rotatable bonds is 5. The highest BCUT2D eigenvalue weighted by atomic mass is 32.2. The fourth-order valence-corrected chi connectivity index (χ4v) is 6.12. The highest BCUT2D eigenvalue weighted by Crippen LogP contribution is 2.44. The van der Waals surface area contributed by atoms with Crippen molar-refractivity contribution in [2.24, 2.45) is 11.0 Å². The van der Waals surface area contributed by atoms with E-state index in [1.54, 1.807) is 17.5 Å². The molecule has 1 amide bonds. The largest absolute Gasteiger partial charge is 0.467 e.